The topological polar surface area (TPSA) is 127 Å². The molecule has 2 atom stereocenters. The molecule has 0 saturated carbocycles. The minimum Gasteiger partial charge on any atom is -0.479 e. The van der Waals surface area contributed by atoms with Gasteiger partial charge in [0.25, 0.3) is 5.91 Å². The van der Waals surface area contributed by atoms with E-state index in [2.05, 4.69) is 15.5 Å². The fraction of sp³-hybridized carbons (Fsp3) is 0.455. The fourth-order valence-corrected chi connectivity index (χ4v) is 1.81. The third-order valence-electron chi connectivity index (χ3n) is 2.81. The molecule has 0 radical (unpaired) electrons. The molecule has 102 valence electrons. The Hall–Kier alpha value is -2.22. The number of nitrogens with one attached hydrogen (secondary N) is 1. The fourth-order valence-electron chi connectivity index (χ4n) is 1.81. The molecule has 2 heterocycles. The smallest absolute Gasteiger partial charge is 0.332 e. The molecule has 0 spiro atoms. The second-order valence-electron chi connectivity index (χ2n) is 4.21. The van der Waals surface area contributed by atoms with Gasteiger partial charge in [-0.2, -0.15) is 0 Å². The summed E-state index contributed by atoms with van der Waals surface area (Å²) >= 11 is 0. The number of nitrogens with two attached hydrogens (primary N) is 1. The molecule has 1 fully saturated rings. The molecule has 1 aliphatic heterocycles. The average molecular weight is 266 g/mol. The van der Waals surface area contributed by atoms with Crippen molar-refractivity contribution in [3.8, 4) is 0 Å². The van der Waals surface area contributed by atoms with Crippen molar-refractivity contribution in [1.82, 2.24) is 10.2 Å². The zero-order valence-corrected chi connectivity index (χ0v) is 10.1. The van der Waals surface area contributed by atoms with Gasteiger partial charge in [0.2, 0.25) is 0 Å². The number of anilines is 1. The van der Waals surface area contributed by atoms with Gasteiger partial charge in [0.05, 0.1) is 6.10 Å². The first kappa shape index (κ1) is 13.2. The molecule has 1 aliphatic rings. The highest BCUT2D eigenvalue weighted by Gasteiger charge is 2.30. The van der Waals surface area contributed by atoms with Gasteiger partial charge in [0.15, 0.2) is 11.8 Å². The minimum absolute atomic E-state index is 0.0913. The van der Waals surface area contributed by atoms with Gasteiger partial charge < -0.3 is 20.9 Å². The van der Waals surface area contributed by atoms with Gasteiger partial charge in [0, 0.05) is 6.54 Å². The van der Waals surface area contributed by atoms with Crippen LogP contribution in [-0.2, 0) is 9.53 Å². The summed E-state index contributed by atoms with van der Waals surface area (Å²) in [6.45, 7) is 0.439. The molecule has 2 unspecified atom stereocenters. The molecule has 0 bridgehead atoms. The summed E-state index contributed by atoms with van der Waals surface area (Å²) in [5.41, 5.74) is 5.13. The maximum atomic E-state index is 10.8. The summed E-state index contributed by atoms with van der Waals surface area (Å²) in [6, 6.07) is 3.05. The number of amides is 1. The first-order chi connectivity index (χ1) is 9.06. The predicted octanol–water partition coefficient (Wildman–Crippen LogP) is -0.380. The zero-order chi connectivity index (χ0) is 13.8. The number of ether oxygens (including phenoxy) is 1. The molecule has 1 aromatic heterocycles. The summed E-state index contributed by atoms with van der Waals surface area (Å²) < 4.78 is 5.32. The number of primary amides is 1. The largest absolute Gasteiger partial charge is 0.479 e. The molecular weight excluding hydrogens is 252 g/mol. The van der Waals surface area contributed by atoms with Crippen LogP contribution in [0.1, 0.15) is 23.3 Å². The number of nitrogens with zero attached hydrogens (tertiary/aromatic N) is 2. The second-order valence-corrected chi connectivity index (χ2v) is 4.21. The average Bonchev–Trinajstić information content (AvgIpc) is 2.86. The van der Waals surface area contributed by atoms with Crippen molar-refractivity contribution in [3.05, 3.63) is 17.8 Å². The van der Waals surface area contributed by atoms with E-state index in [1.807, 2.05) is 0 Å². The lowest BCUT2D eigenvalue weighted by Gasteiger charge is -2.12. The number of carboxylic acid groups (broad SMARTS) is 1. The molecule has 2 rings (SSSR count). The van der Waals surface area contributed by atoms with Crippen LogP contribution in [0.5, 0.6) is 0 Å². The summed E-state index contributed by atoms with van der Waals surface area (Å²) in [6.07, 6.45) is 0.291. The number of rotatable bonds is 5. The van der Waals surface area contributed by atoms with E-state index in [0.29, 0.717) is 25.2 Å². The Labute approximate surface area is 109 Å². The van der Waals surface area contributed by atoms with E-state index in [1.54, 1.807) is 6.07 Å². The van der Waals surface area contributed by atoms with Crippen LogP contribution in [0.15, 0.2) is 12.1 Å². The quantitative estimate of drug-likeness (QED) is 0.662. The molecule has 1 amide bonds. The molecule has 8 heteroatoms. The predicted molar refractivity (Wildman–Crippen MR) is 64.6 cm³/mol. The van der Waals surface area contributed by atoms with E-state index in [1.165, 1.54) is 6.07 Å². The minimum atomic E-state index is -0.937. The highest BCUT2D eigenvalue weighted by Crippen LogP contribution is 2.20. The zero-order valence-electron chi connectivity index (χ0n) is 10.1. The maximum Gasteiger partial charge on any atom is 0.332 e. The molecule has 1 aromatic rings. The first-order valence-electron chi connectivity index (χ1n) is 5.82. The Kier molecular flexibility index (Phi) is 3.91. The number of hydrogen-bond donors (Lipinski definition) is 3. The monoisotopic (exact) mass is 266 g/mol. The van der Waals surface area contributed by atoms with Gasteiger partial charge in [0.1, 0.15) is 5.82 Å². The van der Waals surface area contributed by atoms with E-state index in [0.717, 1.165) is 0 Å². The molecule has 1 saturated heterocycles. The number of carbonyl (C=O) groups excluding carboxylic acids is 1. The Morgan fingerprint density at radius 2 is 2.21 bits per heavy atom. The van der Waals surface area contributed by atoms with E-state index < -0.39 is 18.0 Å². The Bertz CT molecular complexity index is 476. The summed E-state index contributed by atoms with van der Waals surface area (Å²) in [4.78, 5) is 21.5. The first-order valence-corrected chi connectivity index (χ1v) is 5.82. The summed E-state index contributed by atoms with van der Waals surface area (Å²) in [5.74, 6) is -1.09. The highest BCUT2D eigenvalue weighted by molar-refractivity contribution is 5.90. The van der Waals surface area contributed by atoms with Crippen LogP contribution in [0.25, 0.3) is 0 Å². The van der Waals surface area contributed by atoms with Crippen LogP contribution in [-0.4, -0.2) is 45.9 Å². The molecule has 19 heavy (non-hydrogen) atoms. The number of hydrogen-bond acceptors (Lipinski definition) is 6. The lowest BCUT2D eigenvalue weighted by atomic mass is 10.2. The number of carbonyl (C=O) groups is 2. The Morgan fingerprint density at radius 3 is 2.74 bits per heavy atom. The Balaban J connectivity index is 1.83. The standard InChI is InChI=1S/C11H14N4O4/c12-10(16)7-2-4-9(15-14-7)13-5-6-1-3-8(19-6)11(17)18/h2,4,6,8H,1,3,5H2,(H2,12,16)(H,13,15)(H,17,18). The number of aliphatic carboxylic acids is 1. The van der Waals surface area contributed by atoms with Crippen LogP contribution >= 0.6 is 0 Å². The normalized spacial score (nSPS) is 22.1. The van der Waals surface area contributed by atoms with Gasteiger partial charge in [-0.05, 0) is 25.0 Å². The van der Waals surface area contributed by atoms with E-state index in [9.17, 15) is 9.59 Å². The van der Waals surface area contributed by atoms with Gasteiger partial charge in [-0.1, -0.05) is 0 Å². The molecule has 0 aromatic carbocycles. The van der Waals surface area contributed by atoms with Crippen LogP contribution in [0.4, 0.5) is 5.82 Å². The highest BCUT2D eigenvalue weighted by atomic mass is 16.5. The second kappa shape index (κ2) is 5.61. The van der Waals surface area contributed by atoms with Crippen LogP contribution < -0.4 is 11.1 Å². The summed E-state index contributed by atoms with van der Waals surface area (Å²) in [7, 11) is 0. The van der Waals surface area contributed by atoms with Crippen LogP contribution in [0.2, 0.25) is 0 Å². The third kappa shape index (κ3) is 3.38. The molecule has 0 aliphatic carbocycles. The van der Waals surface area contributed by atoms with Crippen LogP contribution in [0.3, 0.4) is 0 Å². The van der Waals surface area contributed by atoms with Crippen molar-refractivity contribution < 1.29 is 19.4 Å². The number of aromatic nitrogens is 2. The van der Waals surface area contributed by atoms with Crippen molar-refractivity contribution in [2.24, 2.45) is 5.73 Å². The lowest BCUT2D eigenvalue weighted by Crippen LogP contribution is -2.25. The van der Waals surface area contributed by atoms with Crippen LogP contribution in [0, 0.1) is 0 Å². The van der Waals surface area contributed by atoms with Crippen molar-refractivity contribution in [2.75, 3.05) is 11.9 Å². The van der Waals surface area contributed by atoms with Crippen molar-refractivity contribution in [2.45, 2.75) is 25.0 Å². The van der Waals surface area contributed by atoms with Crippen molar-refractivity contribution in [1.29, 1.82) is 0 Å². The van der Waals surface area contributed by atoms with E-state index in [-0.39, 0.29) is 11.8 Å². The molecule has 4 N–H and O–H groups in total. The molecular formula is C11H14N4O4. The third-order valence-corrected chi connectivity index (χ3v) is 2.81. The van der Waals surface area contributed by atoms with Crippen molar-refractivity contribution >= 4 is 17.7 Å². The molecule has 8 nitrogen and oxygen atoms in total. The summed E-state index contributed by atoms with van der Waals surface area (Å²) in [5, 5.41) is 19.2. The SMILES string of the molecule is NC(=O)c1ccc(NCC2CCC(C(=O)O)O2)nn1. The van der Waals surface area contributed by atoms with E-state index in [4.69, 9.17) is 15.6 Å². The van der Waals surface area contributed by atoms with Crippen molar-refractivity contribution in [3.63, 3.8) is 0 Å². The van der Waals surface area contributed by atoms with Gasteiger partial charge in [-0.3, -0.25) is 4.79 Å². The van der Waals surface area contributed by atoms with Gasteiger partial charge in [-0.15, -0.1) is 10.2 Å². The maximum absolute atomic E-state index is 10.8. The Morgan fingerprint density at radius 1 is 1.42 bits per heavy atom. The number of carboxylic acids is 1. The van der Waals surface area contributed by atoms with Gasteiger partial charge in [-0.25, -0.2) is 4.79 Å². The van der Waals surface area contributed by atoms with E-state index >= 15 is 0 Å². The van der Waals surface area contributed by atoms with Gasteiger partial charge >= 0.3 is 5.97 Å². The lowest BCUT2D eigenvalue weighted by molar-refractivity contribution is -0.149.